The van der Waals surface area contributed by atoms with Crippen LogP contribution in [0.4, 0.5) is 0 Å². The van der Waals surface area contributed by atoms with Gasteiger partial charge >= 0.3 is 0 Å². The van der Waals surface area contributed by atoms with Gasteiger partial charge in [0.05, 0.1) is 11.1 Å². The standard InChI is InChI=1S/C20H29N3O/c1-4-23(14(2)3)13-12-21-20(24)17-10-7-9-16-15-8-5-6-11-18(15)22-19(16)17/h7,9-10,14,22H,4-6,8,11-13H2,1-3H3,(H,21,24). The Labute approximate surface area is 144 Å². The predicted octanol–water partition coefficient (Wildman–Crippen LogP) is 3.51. The summed E-state index contributed by atoms with van der Waals surface area (Å²) in [6, 6.07) is 6.58. The molecule has 1 heterocycles. The number of hydrogen-bond donors (Lipinski definition) is 2. The van der Waals surface area contributed by atoms with E-state index < -0.39 is 0 Å². The molecule has 1 amide bonds. The van der Waals surface area contributed by atoms with Gasteiger partial charge in [-0.3, -0.25) is 9.69 Å². The van der Waals surface area contributed by atoms with Crippen LogP contribution < -0.4 is 5.32 Å². The van der Waals surface area contributed by atoms with E-state index in [1.165, 1.54) is 29.5 Å². The number of amides is 1. The van der Waals surface area contributed by atoms with Gasteiger partial charge in [0.15, 0.2) is 0 Å². The number of H-pyrrole nitrogens is 1. The molecule has 1 aliphatic rings. The number of aryl methyl sites for hydroxylation is 2. The van der Waals surface area contributed by atoms with E-state index in [4.69, 9.17) is 0 Å². The first-order valence-electron chi connectivity index (χ1n) is 9.26. The Morgan fingerprint density at radius 1 is 1.29 bits per heavy atom. The second-order valence-electron chi connectivity index (χ2n) is 7.00. The molecule has 0 fully saturated rings. The topological polar surface area (TPSA) is 48.1 Å². The Balaban J connectivity index is 1.74. The number of aromatic amines is 1. The molecular weight excluding hydrogens is 298 g/mol. The zero-order valence-corrected chi connectivity index (χ0v) is 15.1. The lowest BCUT2D eigenvalue weighted by Gasteiger charge is -2.24. The highest BCUT2D eigenvalue weighted by Gasteiger charge is 2.19. The largest absolute Gasteiger partial charge is 0.358 e. The van der Waals surface area contributed by atoms with Crippen molar-refractivity contribution in [3.05, 3.63) is 35.0 Å². The maximum atomic E-state index is 12.7. The second kappa shape index (κ2) is 7.39. The van der Waals surface area contributed by atoms with Crippen LogP contribution >= 0.6 is 0 Å². The number of nitrogens with one attached hydrogen (secondary N) is 2. The molecule has 4 heteroatoms. The lowest BCUT2D eigenvalue weighted by molar-refractivity contribution is 0.0947. The molecule has 1 aliphatic carbocycles. The monoisotopic (exact) mass is 327 g/mol. The fraction of sp³-hybridized carbons (Fsp3) is 0.550. The average Bonchev–Trinajstić information content (AvgIpc) is 2.96. The van der Waals surface area contributed by atoms with Gasteiger partial charge in [0.2, 0.25) is 0 Å². The average molecular weight is 327 g/mol. The van der Waals surface area contributed by atoms with E-state index in [1.807, 2.05) is 12.1 Å². The Bertz CT molecular complexity index is 717. The summed E-state index contributed by atoms with van der Waals surface area (Å²) in [5.74, 6) is 0.0269. The summed E-state index contributed by atoms with van der Waals surface area (Å²) in [6.07, 6.45) is 4.72. The highest BCUT2D eigenvalue weighted by Crippen LogP contribution is 2.30. The SMILES string of the molecule is CCN(CCNC(=O)c1cccc2c3c([nH]c12)CCCC3)C(C)C. The summed E-state index contributed by atoms with van der Waals surface area (Å²) in [5.41, 5.74) is 4.53. The van der Waals surface area contributed by atoms with Gasteiger partial charge in [0.1, 0.15) is 0 Å². The van der Waals surface area contributed by atoms with Crippen molar-refractivity contribution in [2.75, 3.05) is 19.6 Å². The molecule has 130 valence electrons. The number of aromatic nitrogens is 1. The molecule has 1 aromatic carbocycles. The van der Waals surface area contributed by atoms with Gasteiger partial charge in [-0.1, -0.05) is 19.1 Å². The Morgan fingerprint density at radius 2 is 2.08 bits per heavy atom. The highest BCUT2D eigenvalue weighted by atomic mass is 16.1. The number of fused-ring (bicyclic) bond motifs is 3. The van der Waals surface area contributed by atoms with Crippen molar-refractivity contribution in [3.63, 3.8) is 0 Å². The van der Waals surface area contributed by atoms with Crippen LogP contribution in [0, 0.1) is 0 Å². The number of likely N-dealkylation sites (N-methyl/N-ethyl adjacent to an activating group) is 1. The molecule has 0 aliphatic heterocycles. The number of carbonyl (C=O) groups is 1. The molecule has 0 radical (unpaired) electrons. The Morgan fingerprint density at radius 3 is 2.83 bits per heavy atom. The summed E-state index contributed by atoms with van der Waals surface area (Å²) in [4.78, 5) is 18.5. The van der Waals surface area contributed by atoms with Gasteiger partial charge in [0, 0.05) is 30.2 Å². The number of rotatable bonds is 6. The van der Waals surface area contributed by atoms with Crippen LogP contribution in [0.5, 0.6) is 0 Å². The van der Waals surface area contributed by atoms with Crippen molar-refractivity contribution in [3.8, 4) is 0 Å². The van der Waals surface area contributed by atoms with Crippen LogP contribution in [0.15, 0.2) is 18.2 Å². The fourth-order valence-electron chi connectivity index (χ4n) is 3.81. The first-order chi connectivity index (χ1) is 11.6. The maximum Gasteiger partial charge on any atom is 0.253 e. The minimum atomic E-state index is 0.0269. The zero-order valence-electron chi connectivity index (χ0n) is 15.1. The summed E-state index contributed by atoms with van der Waals surface area (Å²) < 4.78 is 0. The normalized spacial score (nSPS) is 14.4. The van der Waals surface area contributed by atoms with E-state index >= 15 is 0 Å². The van der Waals surface area contributed by atoms with E-state index in [2.05, 4.69) is 42.0 Å². The van der Waals surface area contributed by atoms with Crippen LogP contribution in [0.3, 0.4) is 0 Å². The molecule has 0 saturated heterocycles. The summed E-state index contributed by atoms with van der Waals surface area (Å²) >= 11 is 0. The van der Waals surface area contributed by atoms with E-state index in [-0.39, 0.29) is 5.91 Å². The second-order valence-corrected chi connectivity index (χ2v) is 7.00. The van der Waals surface area contributed by atoms with Crippen LogP contribution in [0.2, 0.25) is 0 Å². The Hall–Kier alpha value is -1.81. The van der Waals surface area contributed by atoms with E-state index in [0.29, 0.717) is 12.6 Å². The molecule has 0 saturated carbocycles. The predicted molar refractivity (Wildman–Crippen MR) is 99.7 cm³/mol. The highest BCUT2D eigenvalue weighted by molar-refractivity contribution is 6.06. The number of benzene rings is 1. The lowest BCUT2D eigenvalue weighted by Crippen LogP contribution is -2.38. The van der Waals surface area contributed by atoms with Crippen molar-refractivity contribution in [1.82, 2.24) is 15.2 Å². The van der Waals surface area contributed by atoms with E-state index in [1.54, 1.807) is 0 Å². The molecule has 2 aromatic rings. The van der Waals surface area contributed by atoms with Gasteiger partial charge < -0.3 is 10.3 Å². The third-order valence-electron chi connectivity index (χ3n) is 5.20. The van der Waals surface area contributed by atoms with Gasteiger partial charge in [-0.15, -0.1) is 0 Å². The van der Waals surface area contributed by atoms with Gasteiger partial charge in [-0.2, -0.15) is 0 Å². The van der Waals surface area contributed by atoms with E-state index in [0.717, 1.165) is 37.0 Å². The van der Waals surface area contributed by atoms with Crippen molar-refractivity contribution in [2.45, 2.75) is 52.5 Å². The maximum absolute atomic E-state index is 12.7. The zero-order chi connectivity index (χ0) is 17.1. The Kier molecular flexibility index (Phi) is 5.24. The third-order valence-corrected chi connectivity index (χ3v) is 5.20. The van der Waals surface area contributed by atoms with Crippen molar-refractivity contribution in [2.24, 2.45) is 0 Å². The molecule has 0 unspecified atom stereocenters. The minimum absolute atomic E-state index is 0.0269. The number of hydrogen-bond acceptors (Lipinski definition) is 2. The molecule has 4 nitrogen and oxygen atoms in total. The molecule has 0 bridgehead atoms. The van der Waals surface area contributed by atoms with Gasteiger partial charge in [-0.25, -0.2) is 0 Å². The summed E-state index contributed by atoms with van der Waals surface area (Å²) in [7, 11) is 0. The molecule has 3 rings (SSSR count). The first-order valence-corrected chi connectivity index (χ1v) is 9.26. The number of nitrogens with zero attached hydrogens (tertiary/aromatic N) is 1. The van der Waals surface area contributed by atoms with Crippen LogP contribution in [-0.2, 0) is 12.8 Å². The van der Waals surface area contributed by atoms with Gasteiger partial charge in [-0.05, 0) is 57.7 Å². The number of para-hydroxylation sites is 1. The molecule has 0 spiro atoms. The molecule has 2 N–H and O–H groups in total. The van der Waals surface area contributed by atoms with Gasteiger partial charge in [0.25, 0.3) is 5.91 Å². The fourth-order valence-corrected chi connectivity index (χ4v) is 3.81. The summed E-state index contributed by atoms with van der Waals surface area (Å²) in [6.45, 7) is 9.11. The molecule has 0 atom stereocenters. The molecule has 24 heavy (non-hydrogen) atoms. The smallest absolute Gasteiger partial charge is 0.253 e. The third kappa shape index (κ3) is 3.34. The quantitative estimate of drug-likeness (QED) is 0.853. The summed E-state index contributed by atoms with van der Waals surface area (Å²) in [5, 5.41) is 4.32. The van der Waals surface area contributed by atoms with Crippen molar-refractivity contribution >= 4 is 16.8 Å². The number of carbonyl (C=O) groups excluding carboxylic acids is 1. The molecule has 1 aromatic heterocycles. The van der Waals surface area contributed by atoms with E-state index in [9.17, 15) is 4.79 Å². The van der Waals surface area contributed by atoms with Crippen LogP contribution in [0.25, 0.3) is 10.9 Å². The lowest BCUT2D eigenvalue weighted by atomic mass is 9.95. The minimum Gasteiger partial charge on any atom is -0.358 e. The van der Waals surface area contributed by atoms with Crippen LogP contribution in [0.1, 0.15) is 55.2 Å². The molecular formula is C20H29N3O. The van der Waals surface area contributed by atoms with Crippen molar-refractivity contribution < 1.29 is 4.79 Å². The first kappa shape index (κ1) is 17.0. The van der Waals surface area contributed by atoms with Crippen LogP contribution in [-0.4, -0.2) is 41.5 Å². The van der Waals surface area contributed by atoms with Crippen molar-refractivity contribution in [1.29, 1.82) is 0 Å².